The second-order valence-corrected chi connectivity index (χ2v) is 4.23. The molecule has 2 rings (SSSR count). The quantitative estimate of drug-likeness (QED) is 0.893. The highest BCUT2D eigenvalue weighted by Crippen LogP contribution is 2.34. The SMILES string of the molecule is COc1ccc(-c2c(N)nn(C)c2C)cc1Cl. The van der Waals surface area contributed by atoms with Crippen LogP contribution in [0, 0.1) is 6.92 Å². The van der Waals surface area contributed by atoms with Gasteiger partial charge in [0.1, 0.15) is 5.75 Å². The average Bonchev–Trinajstić information content (AvgIpc) is 2.53. The third-order valence-corrected chi connectivity index (χ3v) is 3.10. The molecule has 0 aliphatic heterocycles. The van der Waals surface area contributed by atoms with Gasteiger partial charge < -0.3 is 10.5 Å². The molecule has 0 amide bonds. The average molecular weight is 252 g/mol. The third-order valence-electron chi connectivity index (χ3n) is 2.80. The summed E-state index contributed by atoms with van der Waals surface area (Å²) < 4.78 is 6.87. The van der Waals surface area contributed by atoms with E-state index < -0.39 is 0 Å². The Morgan fingerprint density at radius 1 is 1.41 bits per heavy atom. The monoisotopic (exact) mass is 251 g/mol. The number of nitrogens with zero attached hydrogens (tertiary/aromatic N) is 2. The van der Waals surface area contributed by atoms with E-state index in [9.17, 15) is 0 Å². The van der Waals surface area contributed by atoms with E-state index >= 15 is 0 Å². The number of methoxy groups -OCH3 is 1. The first-order valence-corrected chi connectivity index (χ1v) is 5.55. The number of nitrogens with two attached hydrogens (primary N) is 1. The molecule has 5 heteroatoms. The Hall–Kier alpha value is -1.68. The number of hydrogen-bond acceptors (Lipinski definition) is 3. The van der Waals surface area contributed by atoms with E-state index in [2.05, 4.69) is 5.10 Å². The number of nitrogen functional groups attached to an aromatic ring is 1. The third kappa shape index (κ3) is 1.96. The van der Waals surface area contributed by atoms with Crippen molar-refractivity contribution in [1.82, 2.24) is 9.78 Å². The lowest BCUT2D eigenvalue weighted by atomic mass is 10.1. The Morgan fingerprint density at radius 2 is 2.12 bits per heavy atom. The molecule has 0 radical (unpaired) electrons. The first-order valence-electron chi connectivity index (χ1n) is 5.17. The fourth-order valence-corrected chi connectivity index (χ4v) is 2.07. The predicted octanol–water partition coefficient (Wildman–Crippen LogP) is 2.64. The Bertz CT molecular complexity index is 563. The maximum absolute atomic E-state index is 6.10. The van der Waals surface area contributed by atoms with E-state index in [0.717, 1.165) is 16.8 Å². The number of hydrogen-bond donors (Lipinski definition) is 1. The van der Waals surface area contributed by atoms with Gasteiger partial charge in [-0.15, -0.1) is 0 Å². The molecule has 0 atom stereocenters. The highest BCUT2D eigenvalue weighted by atomic mass is 35.5. The predicted molar refractivity (Wildman–Crippen MR) is 69.4 cm³/mol. The van der Waals surface area contributed by atoms with Gasteiger partial charge in [0.2, 0.25) is 0 Å². The summed E-state index contributed by atoms with van der Waals surface area (Å²) in [4.78, 5) is 0. The molecular formula is C12H14ClN3O. The molecule has 4 nitrogen and oxygen atoms in total. The van der Waals surface area contributed by atoms with Crippen molar-refractivity contribution in [2.45, 2.75) is 6.92 Å². The first kappa shape index (κ1) is 11.8. The normalized spacial score (nSPS) is 10.6. The van der Waals surface area contributed by atoms with Crippen LogP contribution in [0.5, 0.6) is 5.75 Å². The maximum Gasteiger partial charge on any atom is 0.153 e. The van der Waals surface area contributed by atoms with Gasteiger partial charge >= 0.3 is 0 Å². The summed E-state index contributed by atoms with van der Waals surface area (Å²) >= 11 is 6.10. The lowest BCUT2D eigenvalue weighted by Gasteiger charge is -2.06. The smallest absolute Gasteiger partial charge is 0.153 e. The molecule has 17 heavy (non-hydrogen) atoms. The van der Waals surface area contributed by atoms with Gasteiger partial charge in [0, 0.05) is 18.3 Å². The number of benzene rings is 1. The standard InChI is InChI=1S/C12H14ClN3O/c1-7-11(12(14)15-16(7)2)8-4-5-10(17-3)9(13)6-8/h4-6H,1-3H3,(H2,14,15). The van der Waals surface area contributed by atoms with Crippen molar-refractivity contribution in [2.75, 3.05) is 12.8 Å². The Morgan fingerprint density at radius 3 is 2.59 bits per heavy atom. The van der Waals surface area contributed by atoms with Crippen LogP contribution in [-0.2, 0) is 7.05 Å². The fourth-order valence-electron chi connectivity index (χ4n) is 1.81. The van der Waals surface area contributed by atoms with E-state index in [1.807, 2.05) is 32.2 Å². The van der Waals surface area contributed by atoms with Gasteiger partial charge in [-0.25, -0.2) is 0 Å². The van der Waals surface area contributed by atoms with Crippen molar-refractivity contribution in [1.29, 1.82) is 0 Å². The summed E-state index contributed by atoms with van der Waals surface area (Å²) in [6.07, 6.45) is 0. The van der Waals surface area contributed by atoms with Crippen molar-refractivity contribution in [3.8, 4) is 16.9 Å². The van der Waals surface area contributed by atoms with E-state index in [1.165, 1.54) is 0 Å². The zero-order valence-corrected chi connectivity index (χ0v) is 10.7. The van der Waals surface area contributed by atoms with E-state index in [0.29, 0.717) is 16.6 Å². The van der Waals surface area contributed by atoms with Crippen molar-refractivity contribution >= 4 is 17.4 Å². The number of aryl methyl sites for hydroxylation is 1. The second-order valence-electron chi connectivity index (χ2n) is 3.82. The largest absolute Gasteiger partial charge is 0.495 e. The highest BCUT2D eigenvalue weighted by molar-refractivity contribution is 6.32. The van der Waals surface area contributed by atoms with Crippen molar-refractivity contribution in [2.24, 2.45) is 7.05 Å². The summed E-state index contributed by atoms with van der Waals surface area (Å²) in [5.41, 5.74) is 8.75. The second kappa shape index (κ2) is 4.30. The minimum atomic E-state index is 0.506. The Labute approximate surface area is 105 Å². The molecule has 1 aromatic heterocycles. The summed E-state index contributed by atoms with van der Waals surface area (Å²) in [5, 5.41) is 4.74. The van der Waals surface area contributed by atoms with Crippen molar-refractivity contribution in [3.05, 3.63) is 28.9 Å². The zero-order valence-electron chi connectivity index (χ0n) is 9.99. The molecule has 0 unspecified atom stereocenters. The number of rotatable bonds is 2. The Kier molecular flexibility index (Phi) is 2.98. The number of anilines is 1. The van der Waals surface area contributed by atoms with E-state index in [1.54, 1.807) is 11.8 Å². The lowest BCUT2D eigenvalue weighted by molar-refractivity contribution is 0.415. The lowest BCUT2D eigenvalue weighted by Crippen LogP contribution is -1.93. The maximum atomic E-state index is 6.10. The molecule has 0 bridgehead atoms. The molecule has 0 fully saturated rings. The van der Waals surface area contributed by atoms with Crippen LogP contribution >= 0.6 is 11.6 Å². The summed E-state index contributed by atoms with van der Waals surface area (Å²) in [7, 11) is 3.45. The van der Waals surface area contributed by atoms with E-state index in [4.69, 9.17) is 22.1 Å². The van der Waals surface area contributed by atoms with Crippen LogP contribution in [0.4, 0.5) is 5.82 Å². The van der Waals surface area contributed by atoms with Crippen LogP contribution in [0.2, 0.25) is 5.02 Å². The van der Waals surface area contributed by atoms with Gasteiger partial charge in [0.15, 0.2) is 5.82 Å². The topological polar surface area (TPSA) is 53.1 Å². The van der Waals surface area contributed by atoms with Crippen molar-refractivity contribution < 1.29 is 4.74 Å². The van der Waals surface area contributed by atoms with Crippen LogP contribution in [0.15, 0.2) is 18.2 Å². The van der Waals surface area contributed by atoms with Gasteiger partial charge in [0.05, 0.1) is 12.1 Å². The van der Waals surface area contributed by atoms with Crippen molar-refractivity contribution in [3.63, 3.8) is 0 Å². The summed E-state index contributed by atoms with van der Waals surface area (Å²) in [6, 6.07) is 5.58. The minimum absolute atomic E-state index is 0.506. The molecule has 0 aliphatic rings. The molecule has 0 saturated carbocycles. The molecular weight excluding hydrogens is 238 g/mol. The van der Waals surface area contributed by atoms with Gasteiger partial charge in [-0.1, -0.05) is 17.7 Å². The minimum Gasteiger partial charge on any atom is -0.495 e. The molecule has 0 saturated heterocycles. The van der Waals surface area contributed by atoms with Gasteiger partial charge in [-0.05, 0) is 24.6 Å². The number of aromatic nitrogens is 2. The van der Waals surface area contributed by atoms with Crippen LogP contribution in [0.3, 0.4) is 0 Å². The fraction of sp³-hybridized carbons (Fsp3) is 0.250. The molecule has 0 aliphatic carbocycles. The van der Waals surface area contributed by atoms with Gasteiger partial charge in [-0.3, -0.25) is 4.68 Å². The molecule has 0 spiro atoms. The molecule has 2 N–H and O–H groups in total. The van der Waals surface area contributed by atoms with Crippen LogP contribution in [-0.4, -0.2) is 16.9 Å². The van der Waals surface area contributed by atoms with Gasteiger partial charge in [0.25, 0.3) is 0 Å². The summed E-state index contributed by atoms with van der Waals surface area (Å²) in [5.74, 6) is 1.15. The molecule has 2 aromatic rings. The Balaban J connectivity index is 2.57. The molecule has 1 aromatic carbocycles. The van der Waals surface area contributed by atoms with E-state index in [-0.39, 0.29) is 0 Å². The summed E-state index contributed by atoms with van der Waals surface area (Å²) in [6.45, 7) is 1.97. The molecule has 1 heterocycles. The van der Waals surface area contributed by atoms with Crippen LogP contribution in [0.1, 0.15) is 5.69 Å². The first-order chi connectivity index (χ1) is 8.04. The number of halogens is 1. The van der Waals surface area contributed by atoms with Crippen LogP contribution in [0.25, 0.3) is 11.1 Å². The number of ether oxygens (including phenoxy) is 1. The zero-order chi connectivity index (χ0) is 12.6. The van der Waals surface area contributed by atoms with Gasteiger partial charge in [-0.2, -0.15) is 5.10 Å². The molecule has 90 valence electrons. The highest BCUT2D eigenvalue weighted by Gasteiger charge is 2.13. The van der Waals surface area contributed by atoms with Crippen LogP contribution < -0.4 is 10.5 Å².